The van der Waals surface area contributed by atoms with Crippen LogP contribution < -0.4 is 10.2 Å². The van der Waals surface area contributed by atoms with Crippen LogP contribution in [0, 0.1) is 5.92 Å². The maximum Gasteiger partial charge on any atom is 0.273 e. The molecule has 178 valence electrons. The number of hydrogen-bond acceptors (Lipinski definition) is 8. The van der Waals surface area contributed by atoms with Gasteiger partial charge in [-0.15, -0.1) is 5.10 Å². The number of nitrogens with one attached hydrogen (secondary N) is 1. The van der Waals surface area contributed by atoms with Crippen LogP contribution in [0.4, 0.5) is 5.82 Å². The van der Waals surface area contributed by atoms with Gasteiger partial charge >= 0.3 is 0 Å². The van der Waals surface area contributed by atoms with Gasteiger partial charge in [0.05, 0.1) is 29.8 Å². The number of aromatic nitrogens is 9. The molecule has 0 radical (unpaired) electrons. The van der Waals surface area contributed by atoms with Gasteiger partial charge in [0, 0.05) is 38.4 Å². The van der Waals surface area contributed by atoms with E-state index in [-0.39, 0.29) is 11.4 Å². The molecule has 0 atom stereocenters. The average Bonchev–Trinajstić information content (AvgIpc) is 3.57. The van der Waals surface area contributed by atoms with E-state index in [1.165, 1.54) is 0 Å². The highest BCUT2D eigenvalue weighted by Gasteiger charge is 2.25. The van der Waals surface area contributed by atoms with E-state index in [9.17, 15) is 4.79 Å². The number of rotatable bonds is 5. The van der Waals surface area contributed by atoms with E-state index in [2.05, 4.69) is 35.7 Å². The molecule has 1 N–H and O–H groups in total. The molecule has 0 aromatic carbocycles. The molecule has 1 fully saturated rings. The van der Waals surface area contributed by atoms with Gasteiger partial charge in [0.25, 0.3) is 5.91 Å². The second-order valence-electron chi connectivity index (χ2n) is 9.74. The van der Waals surface area contributed by atoms with Crippen molar-refractivity contribution in [2.75, 3.05) is 24.5 Å². The van der Waals surface area contributed by atoms with Crippen molar-refractivity contribution in [3.05, 3.63) is 36.8 Å². The predicted octanol–water partition coefficient (Wildman–Crippen LogP) is 1.52. The Balaban J connectivity index is 1.23. The van der Waals surface area contributed by atoms with Crippen molar-refractivity contribution >= 4 is 17.4 Å². The third-order valence-corrected chi connectivity index (χ3v) is 6.12. The zero-order valence-electron chi connectivity index (χ0n) is 19.9. The monoisotopic (exact) mass is 463 g/mol. The van der Waals surface area contributed by atoms with Gasteiger partial charge in [-0.3, -0.25) is 9.48 Å². The molecule has 0 unspecified atom stereocenters. The maximum absolute atomic E-state index is 12.5. The lowest BCUT2D eigenvalue weighted by Gasteiger charge is -2.33. The molecule has 1 aliphatic heterocycles. The van der Waals surface area contributed by atoms with E-state index in [0.717, 1.165) is 48.7 Å². The largest absolute Gasteiger partial charge is 0.353 e. The molecule has 12 nitrogen and oxygen atoms in total. The Morgan fingerprint density at radius 2 is 1.94 bits per heavy atom. The van der Waals surface area contributed by atoms with Crippen molar-refractivity contribution in [1.82, 2.24) is 49.7 Å². The lowest BCUT2D eigenvalue weighted by molar-refractivity contribution is 0.0939. The Labute approximate surface area is 197 Å². The topological polar surface area (TPSA) is 124 Å². The first-order valence-corrected chi connectivity index (χ1v) is 11.4. The lowest BCUT2D eigenvalue weighted by Crippen LogP contribution is -2.39. The minimum atomic E-state index is -0.212. The zero-order chi connectivity index (χ0) is 23.9. The summed E-state index contributed by atoms with van der Waals surface area (Å²) in [6.07, 6.45) is 10.7. The molecule has 1 amide bonds. The average molecular weight is 464 g/mol. The Morgan fingerprint density at radius 1 is 1.15 bits per heavy atom. The van der Waals surface area contributed by atoms with Gasteiger partial charge in [-0.25, -0.2) is 19.2 Å². The standard InChI is InChI=1S/C22H29N11O/c1-22(2,3)33-13-18(28-29-33)21(34)23-9-15-5-7-31(8-6-15)20-19-24-14-26-32(19)12-17(27-20)16-10-25-30(4)11-16/h10-15H,5-9H2,1-4H3,(H,23,34). The Morgan fingerprint density at radius 3 is 2.62 bits per heavy atom. The summed E-state index contributed by atoms with van der Waals surface area (Å²) in [5, 5.41) is 19.7. The number of piperidine rings is 1. The van der Waals surface area contributed by atoms with Crippen LogP contribution in [0.5, 0.6) is 0 Å². The van der Waals surface area contributed by atoms with Gasteiger partial charge in [-0.2, -0.15) is 10.2 Å². The van der Waals surface area contributed by atoms with Crippen LogP contribution >= 0.6 is 0 Å². The van der Waals surface area contributed by atoms with Crippen LogP contribution in [0.25, 0.3) is 16.9 Å². The normalized spacial score (nSPS) is 15.2. The van der Waals surface area contributed by atoms with E-state index in [4.69, 9.17) is 4.98 Å². The van der Waals surface area contributed by atoms with Crippen LogP contribution in [0.1, 0.15) is 44.1 Å². The van der Waals surface area contributed by atoms with Crippen LogP contribution in [-0.4, -0.2) is 69.9 Å². The SMILES string of the molecule is Cn1cc(-c2cn3ncnc3c(N3CCC(CNC(=O)c4cn(C(C)(C)C)nn4)CC3)n2)cn1. The van der Waals surface area contributed by atoms with E-state index in [0.29, 0.717) is 18.2 Å². The van der Waals surface area contributed by atoms with Crippen molar-refractivity contribution in [2.24, 2.45) is 13.0 Å². The summed E-state index contributed by atoms with van der Waals surface area (Å²) in [7, 11) is 1.88. The summed E-state index contributed by atoms with van der Waals surface area (Å²) >= 11 is 0. The molecule has 5 heterocycles. The van der Waals surface area contributed by atoms with Gasteiger partial charge in [-0.05, 0) is 39.5 Å². The minimum Gasteiger partial charge on any atom is -0.353 e. The van der Waals surface area contributed by atoms with Crippen molar-refractivity contribution in [3.8, 4) is 11.3 Å². The van der Waals surface area contributed by atoms with Gasteiger partial charge in [0.15, 0.2) is 17.2 Å². The van der Waals surface area contributed by atoms with Crippen molar-refractivity contribution in [2.45, 2.75) is 39.2 Å². The van der Waals surface area contributed by atoms with E-state index >= 15 is 0 Å². The molecular weight excluding hydrogens is 434 g/mol. The Hall–Kier alpha value is -3.83. The first kappa shape index (κ1) is 22.0. The third kappa shape index (κ3) is 4.35. The summed E-state index contributed by atoms with van der Waals surface area (Å²) in [6.45, 7) is 8.32. The van der Waals surface area contributed by atoms with E-state index < -0.39 is 0 Å². The first-order chi connectivity index (χ1) is 16.3. The van der Waals surface area contributed by atoms with Crippen LogP contribution in [-0.2, 0) is 12.6 Å². The number of carbonyl (C=O) groups excluding carboxylic acids is 1. The molecule has 1 aliphatic rings. The van der Waals surface area contributed by atoms with E-state index in [1.54, 1.807) is 32.6 Å². The fraction of sp³-hybridized carbons (Fsp3) is 0.500. The lowest BCUT2D eigenvalue weighted by atomic mass is 9.96. The van der Waals surface area contributed by atoms with Gasteiger partial charge < -0.3 is 10.2 Å². The Bertz CT molecular complexity index is 1300. The Kier molecular flexibility index (Phi) is 5.50. The first-order valence-electron chi connectivity index (χ1n) is 11.4. The second kappa shape index (κ2) is 8.50. The third-order valence-electron chi connectivity index (χ3n) is 6.12. The molecule has 1 saturated heterocycles. The summed E-state index contributed by atoms with van der Waals surface area (Å²) in [5.41, 5.74) is 2.61. The number of aryl methyl sites for hydroxylation is 1. The van der Waals surface area contributed by atoms with Gasteiger partial charge in [-0.1, -0.05) is 5.21 Å². The fourth-order valence-electron chi connectivity index (χ4n) is 4.09. The maximum atomic E-state index is 12.5. The highest BCUT2D eigenvalue weighted by Crippen LogP contribution is 2.27. The molecule has 34 heavy (non-hydrogen) atoms. The molecular formula is C22H29N11O. The highest BCUT2D eigenvalue weighted by atomic mass is 16.2. The van der Waals surface area contributed by atoms with Gasteiger partial charge in [0.1, 0.15) is 6.33 Å². The quantitative estimate of drug-likeness (QED) is 0.472. The molecule has 4 aromatic heterocycles. The zero-order valence-corrected chi connectivity index (χ0v) is 19.9. The molecule has 0 bridgehead atoms. The van der Waals surface area contributed by atoms with Crippen molar-refractivity contribution < 1.29 is 4.79 Å². The van der Waals surface area contributed by atoms with Crippen molar-refractivity contribution in [3.63, 3.8) is 0 Å². The summed E-state index contributed by atoms with van der Waals surface area (Å²) < 4.78 is 5.23. The van der Waals surface area contributed by atoms with Crippen LogP contribution in [0.2, 0.25) is 0 Å². The molecule has 4 aromatic rings. The summed E-state index contributed by atoms with van der Waals surface area (Å²) in [4.78, 5) is 24.1. The fourth-order valence-corrected chi connectivity index (χ4v) is 4.09. The second-order valence-corrected chi connectivity index (χ2v) is 9.74. The summed E-state index contributed by atoms with van der Waals surface area (Å²) in [5.74, 6) is 1.02. The van der Waals surface area contributed by atoms with E-state index in [1.807, 2.05) is 40.2 Å². The van der Waals surface area contributed by atoms with Gasteiger partial charge in [0.2, 0.25) is 0 Å². The molecule has 5 rings (SSSR count). The molecule has 0 saturated carbocycles. The minimum absolute atomic E-state index is 0.186. The van der Waals surface area contributed by atoms with Crippen LogP contribution in [0.15, 0.2) is 31.1 Å². The smallest absolute Gasteiger partial charge is 0.273 e. The number of nitrogens with zero attached hydrogens (tertiary/aromatic N) is 10. The van der Waals surface area contributed by atoms with Crippen LogP contribution in [0.3, 0.4) is 0 Å². The molecule has 0 spiro atoms. The number of carbonyl (C=O) groups is 1. The number of hydrogen-bond donors (Lipinski definition) is 1. The number of fused-ring (bicyclic) bond motifs is 1. The van der Waals surface area contributed by atoms with Crippen molar-refractivity contribution in [1.29, 1.82) is 0 Å². The molecule has 12 heteroatoms. The number of anilines is 1. The molecule has 0 aliphatic carbocycles. The number of amides is 1. The summed E-state index contributed by atoms with van der Waals surface area (Å²) in [6, 6.07) is 0. The predicted molar refractivity (Wildman–Crippen MR) is 125 cm³/mol. The highest BCUT2D eigenvalue weighted by molar-refractivity contribution is 5.91.